The van der Waals surface area contributed by atoms with Crippen molar-refractivity contribution in [1.82, 2.24) is 4.90 Å². The average Bonchev–Trinajstić information content (AvgIpc) is 2.40. The maximum atomic E-state index is 12.1. The zero-order valence-electron chi connectivity index (χ0n) is 13.5. The molecule has 1 aliphatic rings. The Kier molecular flexibility index (Phi) is 4.45. The summed E-state index contributed by atoms with van der Waals surface area (Å²) in [6.07, 6.45) is 1.72. The highest BCUT2D eigenvalue weighted by Gasteiger charge is 2.27. The zero-order valence-corrected chi connectivity index (χ0v) is 13.5. The van der Waals surface area contributed by atoms with Gasteiger partial charge in [0.05, 0.1) is 0 Å². The summed E-state index contributed by atoms with van der Waals surface area (Å²) in [7, 11) is 0. The number of nitrogens with two attached hydrogens (primary N) is 1. The van der Waals surface area contributed by atoms with Crippen LogP contribution in [0.4, 0.5) is 10.5 Å². The number of benzene rings is 1. The van der Waals surface area contributed by atoms with Gasteiger partial charge in [0.15, 0.2) is 0 Å². The van der Waals surface area contributed by atoms with E-state index in [1.165, 1.54) is 11.1 Å². The Hall–Kier alpha value is -1.71. The molecule has 4 heteroatoms. The van der Waals surface area contributed by atoms with E-state index in [-0.39, 0.29) is 6.09 Å². The van der Waals surface area contributed by atoms with Crippen molar-refractivity contribution in [2.75, 3.05) is 18.8 Å². The van der Waals surface area contributed by atoms with Crippen LogP contribution >= 0.6 is 0 Å². The van der Waals surface area contributed by atoms with Crippen molar-refractivity contribution in [3.8, 4) is 0 Å². The van der Waals surface area contributed by atoms with Gasteiger partial charge in [-0.25, -0.2) is 4.79 Å². The number of likely N-dealkylation sites (tertiary alicyclic amines) is 1. The molecule has 4 nitrogen and oxygen atoms in total. The predicted octanol–water partition coefficient (Wildman–Crippen LogP) is 3.69. The summed E-state index contributed by atoms with van der Waals surface area (Å²) in [5.41, 5.74) is 8.87. The Labute approximate surface area is 127 Å². The predicted molar refractivity (Wildman–Crippen MR) is 85.4 cm³/mol. The third kappa shape index (κ3) is 4.13. The molecule has 21 heavy (non-hydrogen) atoms. The minimum absolute atomic E-state index is 0.203. The van der Waals surface area contributed by atoms with Crippen molar-refractivity contribution in [3.05, 3.63) is 29.3 Å². The number of piperidine rings is 1. The first-order chi connectivity index (χ1) is 9.76. The standard InChI is InChI=1S/C17H26N2O2/c1-12-5-6-14(18)11-15(12)13-7-9-19(10-8-13)16(20)21-17(2,3)4/h5-6,11,13H,7-10,18H2,1-4H3. The number of aryl methyl sites for hydroxylation is 1. The molecule has 1 saturated heterocycles. The van der Waals surface area contributed by atoms with Gasteiger partial charge in [0.2, 0.25) is 0 Å². The lowest BCUT2D eigenvalue weighted by atomic mass is 9.86. The van der Waals surface area contributed by atoms with E-state index >= 15 is 0 Å². The number of carbonyl (C=O) groups excluding carboxylic acids is 1. The Balaban J connectivity index is 1.97. The molecule has 1 amide bonds. The van der Waals surface area contributed by atoms with Crippen molar-refractivity contribution in [1.29, 1.82) is 0 Å². The van der Waals surface area contributed by atoms with Crippen molar-refractivity contribution in [3.63, 3.8) is 0 Å². The summed E-state index contributed by atoms with van der Waals surface area (Å²) in [6, 6.07) is 6.09. The molecule has 0 bridgehead atoms. The fraction of sp³-hybridized carbons (Fsp3) is 0.588. The highest BCUT2D eigenvalue weighted by Crippen LogP contribution is 2.31. The zero-order chi connectivity index (χ0) is 15.6. The van der Waals surface area contributed by atoms with E-state index < -0.39 is 5.60 Å². The molecule has 1 aliphatic heterocycles. The van der Waals surface area contributed by atoms with Gasteiger partial charge >= 0.3 is 6.09 Å². The van der Waals surface area contributed by atoms with Gasteiger partial charge in [0, 0.05) is 18.8 Å². The topological polar surface area (TPSA) is 55.6 Å². The molecule has 0 aromatic heterocycles. The molecule has 2 N–H and O–H groups in total. The van der Waals surface area contributed by atoms with Gasteiger partial charge in [0.1, 0.15) is 5.60 Å². The van der Waals surface area contributed by atoms with Gasteiger partial charge in [0.25, 0.3) is 0 Å². The third-order valence-electron chi connectivity index (χ3n) is 3.89. The van der Waals surface area contributed by atoms with E-state index in [1.54, 1.807) is 0 Å². The minimum atomic E-state index is -0.432. The van der Waals surface area contributed by atoms with Crippen LogP contribution in [0.2, 0.25) is 0 Å². The number of carbonyl (C=O) groups is 1. The number of nitrogen functional groups attached to an aromatic ring is 1. The van der Waals surface area contributed by atoms with Crippen molar-refractivity contribution < 1.29 is 9.53 Å². The van der Waals surface area contributed by atoms with E-state index in [9.17, 15) is 4.79 Å². The number of ether oxygens (including phenoxy) is 1. The number of amides is 1. The third-order valence-corrected chi connectivity index (χ3v) is 3.89. The van der Waals surface area contributed by atoms with Gasteiger partial charge in [-0.2, -0.15) is 0 Å². The van der Waals surface area contributed by atoms with E-state index in [2.05, 4.69) is 19.1 Å². The molecule has 0 radical (unpaired) electrons. The molecule has 2 rings (SSSR count). The Morgan fingerprint density at radius 3 is 2.48 bits per heavy atom. The molecule has 0 spiro atoms. The SMILES string of the molecule is Cc1ccc(N)cc1C1CCN(C(=O)OC(C)(C)C)CC1. The van der Waals surface area contributed by atoms with Crippen molar-refractivity contribution >= 4 is 11.8 Å². The van der Waals surface area contributed by atoms with Crippen LogP contribution in [0, 0.1) is 6.92 Å². The van der Waals surface area contributed by atoms with Gasteiger partial charge in [-0.05, 0) is 69.7 Å². The highest BCUT2D eigenvalue weighted by atomic mass is 16.6. The largest absolute Gasteiger partial charge is 0.444 e. The van der Waals surface area contributed by atoms with E-state index in [4.69, 9.17) is 10.5 Å². The number of anilines is 1. The molecule has 0 atom stereocenters. The Morgan fingerprint density at radius 2 is 1.90 bits per heavy atom. The number of rotatable bonds is 1. The van der Waals surface area contributed by atoms with Crippen LogP contribution in [-0.2, 0) is 4.74 Å². The number of hydrogen-bond donors (Lipinski definition) is 1. The Morgan fingerprint density at radius 1 is 1.29 bits per heavy atom. The van der Waals surface area contributed by atoms with Crippen LogP contribution in [0.1, 0.15) is 50.7 Å². The molecule has 0 saturated carbocycles. The summed E-state index contributed by atoms with van der Waals surface area (Å²) in [5.74, 6) is 0.479. The van der Waals surface area contributed by atoms with E-state index in [1.807, 2.05) is 31.7 Å². The quantitative estimate of drug-likeness (QED) is 0.802. The molecule has 1 aromatic carbocycles. The molecule has 116 valence electrons. The lowest BCUT2D eigenvalue weighted by molar-refractivity contribution is 0.0205. The minimum Gasteiger partial charge on any atom is -0.444 e. The second-order valence-electron chi connectivity index (χ2n) is 6.86. The van der Waals surface area contributed by atoms with E-state index in [0.717, 1.165) is 31.6 Å². The van der Waals surface area contributed by atoms with Gasteiger partial charge in [-0.3, -0.25) is 0 Å². The highest BCUT2D eigenvalue weighted by molar-refractivity contribution is 5.68. The molecule has 0 unspecified atom stereocenters. The summed E-state index contributed by atoms with van der Waals surface area (Å²) in [6.45, 7) is 9.30. The molecule has 1 fully saturated rings. The fourth-order valence-corrected chi connectivity index (χ4v) is 2.80. The van der Waals surface area contributed by atoms with Crippen LogP contribution in [0.15, 0.2) is 18.2 Å². The second kappa shape index (κ2) is 5.96. The normalized spacial score (nSPS) is 16.9. The fourth-order valence-electron chi connectivity index (χ4n) is 2.80. The average molecular weight is 290 g/mol. The molecule has 1 aromatic rings. The molecular weight excluding hydrogens is 264 g/mol. The smallest absolute Gasteiger partial charge is 0.410 e. The van der Waals surface area contributed by atoms with E-state index in [0.29, 0.717) is 5.92 Å². The van der Waals surface area contributed by atoms with Crippen LogP contribution in [0.5, 0.6) is 0 Å². The number of hydrogen-bond acceptors (Lipinski definition) is 3. The molecule has 0 aliphatic carbocycles. The van der Waals surface area contributed by atoms with Crippen LogP contribution in [-0.4, -0.2) is 29.7 Å². The summed E-state index contributed by atoms with van der Waals surface area (Å²) in [4.78, 5) is 13.9. The summed E-state index contributed by atoms with van der Waals surface area (Å²) < 4.78 is 5.43. The summed E-state index contributed by atoms with van der Waals surface area (Å²) >= 11 is 0. The first-order valence-corrected chi connectivity index (χ1v) is 7.60. The van der Waals surface area contributed by atoms with Crippen molar-refractivity contribution in [2.24, 2.45) is 0 Å². The van der Waals surface area contributed by atoms with Crippen LogP contribution in [0.25, 0.3) is 0 Å². The van der Waals surface area contributed by atoms with Gasteiger partial charge in [-0.1, -0.05) is 6.07 Å². The molecular formula is C17H26N2O2. The summed E-state index contributed by atoms with van der Waals surface area (Å²) in [5, 5.41) is 0. The maximum Gasteiger partial charge on any atom is 0.410 e. The van der Waals surface area contributed by atoms with Crippen LogP contribution < -0.4 is 5.73 Å². The second-order valence-corrected chi connectivity index (χ2v) is 6.86. The lowest BCUT2D eigenvalue weighted by Crippen LogP contribution is -2.41. The van der Waals surface area contributed by atoms with Crippen LogP contribution in [0.3, 0.4) is 0 Å². The first-order valence-electron chi connectivity index (χ1n) is 7.60. The monoisotopic (exact) mass is 290 g/mol. The number of nitrogens with zero attached hydrogens (tertiary/aromatic N) is 1. The Bertz CT molecular complexity index is 512. The van der Waals surface area contributed by atoms with Gasteiger partial charge in [-0.15, -0.1) is 0 Å². The maximum absolute atomic E-state index is 12.1. The van der Waals surface area contributed by atoms with Crippen molar-refractivity contribution in [2.45, 2.75) is 52.1 Å². The lowest BCUT2D eigenvalue weighted by Gasteiger charge is -2.34. The molecule has 1 heterocycles. The van der Waals surface area contributed by atoms with Gasteiger partial charge < -0.3 is 15.4 Å². The first kappa shape index (κ1) is 15.7.